The number of sulfonamides is 1. The maximum Gasteiger partial charge on any atom is 0.246 e. The van der Waals surface area contributed by atoms with Gasteiger partial charge in [0.05, 0.1) is 12.5 Å². The standard InChI is InChI=1S/C15H21N5O3S/c1-16-14(12-9-17-20(2)10-12)15(21)19-13-6-4-11(5-7-13)8-18-24(3,22)23/h4-7,9-10,14,16,18H,8H2,1-3H3,(H,19,21). The molecule has 1 unspecified atom stereocenters. The van der Waals surface area contributed by atoms with Gasteiger partial charge in [0.25, 0.3) is 0 Å². The smallest absolute Gasteiger partial charge is 0.246 e. The minimum atomic E-state index is -3.23. The Balaban J connectivity index is 2.00. The van der Waals surface area contributed by atoms with E-state index in [2.05, 4.69) is 20.5 Å². The van der Waals surface area contributed by atoms with Crippen LogP contribution in [0.2, 0.25) is 0 Å². The Morgan fingerprint density at radius 3 is 2.46 bits per heavy atom. The molecular formula is C15H21N5O3S. The zero-order valence-electron chi connectivity index (χ0n) is 13.8. The Morgan fingerprint density at radius 2 is 1.96 bits per heavy atom. The number of carbonyl (C=O) groups excluding carboxylic acids is 1. The molecule has 130 valence electrons. The predicted octanol–water partition coefficient (Wildman–Crippen LogP) is 0.369. The van der Waals surface area contributed by atoms with E-state index in [9.17, 15) is 13.2 Å². The molecule has 0 spiro atoms. The Kier molecular flexibility index (Phi) is 5.71. The summed E-state index contributed by atoms with van der Waals surface area (Å²) >= 11 is 0. The minimum absolute atomic E-state index is 0.201. The molecule has 0 bridgehead atoms. The number of nitrogens with one attached hydrogen (secondary N) is 3. The van der Waals surface area contributed by atoms with E-state index in [0.717, 1.165) is 17.4 Å². The number of hydrogen-bond donors (Lipinski definition) is 3. The number of nitrogens with zero attached hydrogens (tertiary/aromatic N) is 2. The number of aryl methyl sites for hydroxylation is 1. The molecule has 24 heavy (non-hydrogen) atoms. The van der Waals surface area contributed by atoms with Crippen molar-refractivity contribution in [2.45, 2.75) is 12.6 Å². The van der Waals surface area contributed by atoms with Crippen LogP contribution in [0.15, 0.2) is 36.7 Å². The van der Waals surface area contributed by atoms with Crippen LogP contribution >= 0.6 is 0 Å². The van der Waals surface area contributed by atoms with Crippen LogP contribution in [0.25, 0.3) is 0 Å². The summed E-state index contributed by atoms with van der Waals surface area (Å²) in [5.41, 5.74) is 2.20. The van der Waals surface area contributed by atoms with Gasteiger partial charge in [-0.05, 0) is 24.7 Å². The molecule has 0 fully saturated rings. The molecule has 0 radical (unpaired) electrons. The molecule has 0 saturated carbocycles. The molecule has 8 nitrogen and oxygen atoms in total. The van der Waals surface area contributed by atoms with Gasteiger partial charge in [-0.3, -0.25) is 9.48 Å². The first-order valence-electron chi connectivity index (χ1n) is 7.29. The van der Waals surface area contributed by atoms with E-state index in [1.54, 1.807) is 55.4 Å². The summed E-state index contributed by atoms with van der Waals surface area (Å²) in [5.74, 6) is -0.201. The molecule has 1 aromatic heterocycles. The average molecular weight is 351 g/mol. The van der Waals surface area contributed by atoms with Gasteiger partial charge in [-0.2, -0.15) is 5.10 Å². The van der Waals surface area contributed by atoms with Crippen LogP contribution in [-0.4, -0.2) is 37.4 Å². The third-order valence-electron chi connectivity index (χ3n) is 3.37. The number of anilines is 1. The maximum atomic E-state index is 12.4. The van der Waals surface area contributed by atoms with Crippen molar-refractivity contribution in [3.05, 3.63) is 47.8 Å². The fraction of sp³-hybridized carbons (Fsp3) is 0.333. The van der Waals surface area contributed by atoms with Crippen molar-refractivity contribution >= 4 is 21.6 Å². The molecule has 3 N–H and O–H groups in total. The van der Waals surface area contributed by atoms with Gasteiger partial charge in [-0.25, -0.2) is 13.1 Å². The molecule has 2 rings (SSSR count). The summed E-state index contributed by atoms with van der Waals surface area (Å²) in [7, 11) is 0.264. The maximum absolute atomic E-state index is 12.4. The topological polar surface area (TPSA) is 105 Å². The van der Waals surface area contributed by atoms with Gasteiger partial charge in [-0.1, -0.05) is 12.1 Å². The van der Waals surface area contributed by atoms with Crippen LogP contribution < -0.4 is 15.4 Å². The van der Waals surface area contributed by atoms with Crippen molar-refractivity contribution in [3.8, 4) is 0 Å². The number of hydrogen-bond acceptors (Lipinski definition) is 5. The number of amides is 1. The van der Waals surface area contributed by atoms with Crippen molar-refractivity contribution in [1.29, 1.82) is 0 Å². The molecule has 1 amide bonds. The molecule has 1 aromatic carbocycles. The summed E-state index contributed by atoms with van der Waals surface area (Å²) in [5, 5.41) is 9.85. The minimum Gasteiger partial charge on any atom is -0.324 e. The Hall–Kier alpha value is -2.23. The highest BCUT2D eigenvalue weighted by molar-refractivity contribution is 7.88. The zero-order valence-corrected chi connectivity index (χ0v) is 14.6. The lowest BCUT2D eigenvalue weighted by atomic mass is 10.1. The third kappa shape index (κ3) is 5.15. The van der Waals surface area contributed by atoms with Crippen LogP contribution in [-0.2, 0) is 28.4 Å². The van der Waals surface area contributed by atoms with Gasteiger partial charge >= 0.3 is 0 Å². The lowest BCUT2D eigenvalue weighted by Gasteiger charge is -2.14. The van der Waals surface area contributed by atoms with Gasteiger partial charge in [0.2, 0.25) is 15.9 Å². The van der Waals surface area contributed by atoms with E-state index in [1.165, 1.54) is 0 Å². The highest BCUT2D eigenvalue weighted by atomic mass is 32.2. The van der Waals surface area contributed by atoms with Crippen LogP contribution in [0.4, 0.5) is 5.69 Å². The summed E-state index contributed by atoms with van der Waals surface area (Å²) in [6.07, 6.45) is 4.53. The van der Waals surface area contributed by atoms with E-state index in [-0.39, 0.29) is 12.5 Å². The summed E-state index contributed by atoms with van der Waals surface area (Å²) in [6.45, 7) is 0.210. The Bertz CT molecular complexity index is 799. The quantitative estimate of drug-likeness (QED) is 0.668. The van der Waals surface area contributed by atoms with E-state index in [0.29, 0.717) is 5.69 Å². The lowest BCUT2D eigenvalue weighted by molar-refractivity contribution is -0.118. The first-order valence-corrected chi connectivity index (χ1v) is 9.18. The number of rotatable bonds is 7. The number of likely N-dealkylation sites (N-methyl/N-ethyl adjacent to an activating group) is 1. The molecule has 1 heterocycles. The number of benzene rings is 1. The summed E-state index contributed by atoms with van der Waals surface area (Å²) < 4.78 is 26.2. The lowest BCUT2D eigenvalue weighted by Crippen LogP contribution is -2.30. The van der Waals surface area contributed by atoms with E-state index < -0.39 is 16.1 Å². The van der Waals surface area contributed by atoms with E-state index >= 15 is 0 Å². The van der Waals surface area contributed by atoms with Crippen molar-refractivity contribution in [3.63, 3.8) is 0 Å². The van der Waals surface area contributed by atoms with E-state index in [1.807, 2.05) is 0 Å². The van der Waals surface area contributed by atoms with Crippen LogP contribution in [0.5, 0.6) is 0 Å². The monoisotopic (exact) mass is 351 g/mol. The normalized spacial score (nSPS) is 12.8. The second-order valence-electron chi connectivity index (χ2n) is 5.45. The highest BCUT2D eigenvalue weighted by Crippen LogP contribution is 2.16. The number of aromatic nitrogens is 2. The second kappa shape index (κ2) is 7.56. The van der Waals surface area contributed by atoms with Gasteiger partial charge in [-0.15, -0.1) is 0 Å². The Morgan fingerprint density at radius 1 is 1.29 bits per heavy atom. The fourth-order valence-corrected chi connectivity index (χ4v) is 2.60. The van der Waals surface area contributed by atoms with Crippen LogP contribution in [0.1, 0.15) is 17.2 Å². The SMILES string of the molecule is CNC(C(=O)Nc1ccc(CNS(C)(=O)=O)cc1)c1cnn(C)c1. The summed E-state index contributed by atoms with van der Waals surface area (Å²) in [4.78, 5) is 12.4. The first kappa shape index (κ1) is 18.1. The van der Waals surface area contributed by atoms with Crippen LogP contribution in [0.3, 0.4) is 0 Å². The predicted molar refractivity (Wildman–Crippen MR) is 91.8 cm³/mol. The third-order valence-corrected chi connectivity index (χ3v) is 4.04. The molecule has 0 saturated heterocycles. The molecule has 9 heteroatoms. The largest absolute Gasteiger partial charge is 0.324 e. The fourth-order valence-electron chi connectivity index (χ4n) is 2.17. The van der Waals surface area contributed by atoms with Gasteiger partial charge < -0.3 is 10.6 Å². The summed E-state index contributed by atoms with van der Waals surface area (Å²) in [6, 6.07) is 6.46. The zero-order chi connectivity index (χ0) is 17.7. The van der Waals surface area contributed by atoms with Gasteiger partial charge in [0.1, 0.15) is 6.04 Å². The van der Waals surface area contributed by atoms with Crippen molar-refractivity contribution in [1.82, 2.24) is 19.8 Å². The number of carbonyl (C=O) groups is 1. The Labute approximate surface area is 141 Å². The van der Waals surface area contributed by atoms with Gasteiger partial charge in [0.15, 0.2) is 0 Å². The molecule has 0 aliphatic heterocycles. The highest BCUT2D eigenvalue weighted by Gasteiger charge is 2.20. The molecule has 0 aliphatic rings. The van der Waals surface area contributed by atoms with Gasteiger partial charge in [0, 0.05) is 31.0 Å². The molecule has 0 aliphatic carbocycles. The second-order valence-corrected chi connectivity index (χ2v) is 7.28. The van der Waals surface area contributed by atoms with Crippen molar-refractivity contribution in [2.75, 3.05) is 18.6 Å². The molecule has 1 atom stereocenters. The van der Waals surface area contributed by atoms with E-state index in [4.69, 9.17) is 0 Å². The first-order chi connectivity index (χ1) is 11.3. The average Bonchev–Trinajstić information content (AvgIpc) is 2.93. The molecular weight excluding hydrogens is 330 g/mol. The van der Waals surface area contributed by atoms with Crippen molar-refractivity contribution < 1.29 is 13.2 Å². The molecule has 2 aromatic rings. The van der Waals surface area contributed by atoms with Crippen LogP contribution in [0, 0.1) is 0 Å². The van der Waals surface area contributed by atoms with Crippen molar-refractivity contribution in [2.24, 2.45) is 7.05 Å².